The van der Waals surface area contributed by atoms with Crippen molar-refractivity contribution in [3.8, 4) is 0 Å². The zero-order valence-electron chi connectivity index (χ0n) is 10.8. The third kappa shape index (κ3) is 3.00. The summed E-state index contributed by atoms with van der Waals surface area (Å²) in [6, 6.07) is 2.20. The minimum absolute atomic E-state index is 0.171. The molecule has 2 aromatic rings. The van der Waals surface area contributed by atoms with Crippen molar-refractivity contribution in [3.05, 3.63) is 44.0 Å². The molecule has 0 N–H and O–H groups in total. The Labute approximate surface area is 136 Å². The van der Waals surface area contributed by atoms with Crippen LogP contribution in [0.25, 0.3) is 0 Å². The predicted octanol–water partition coefficient (Wildman–Crippen LogP) is 2.43. The number of nitro groups is 1. The van der Waals surface area contributed by atoms with E-state index in [4.69, 9.17) is 0 Å². The number of hydrogen-bond donors (Lipinski definition) is 0. The van der Waals surface area contributed by atoms with Crippen molar-refractivity contribution in [2.45, 2.75) is 9.79 Å². The summed E-state index contributed by atoms with van der Waals surface area (Å²) in [7, 11) is -3.09. The first-order chi connectivity index (χ1) is 10.3. The van der Waals surface area contributed by atoms with E-state index in [9.17, 15) is 23.3 Å². The zero-order chi connectivity index (χ0) is 16.5. The van der Waals surface area contributed by atoms with E-state index in [-0.39, 0.29) is 9.77 Å². The second-order valence-corrected chi connectivity index (χ2v) is 7.74. The Morgan fingerprint density at radius 2 is 2.09 bits per heavy atom. The van der Waals surface area contributed by atoms with Crippen LogP contribution in [0, 0.1) is 10.1 Å². The highest BCUT2D eigenvalue weighted by Gasteiger charge is 2.33. The number of pyridine rings is 1. The fraction of sp³-hybridized carbons (Fsp3) is 0.0909. The molecule has 0 spiro atoms. The van der Waals surface area contributed by atoms with Gasteiger partial charge in [0.25, 0.3) is 0 Å². The number of aromatic nitrogens is 1. The van der Waals surface area contributed by atoms with Crippen molar-refractivity contribution in [1.29, 1.82) is 0 Å². The van der Waals surface area contributed by atoms with Gasteiger partial charge in [0.15, 0.2) is 4.90 Å². The number of halogens is 1. The van der Waals surface area contributed by atoms with Crippen molar-refractivity contribution >= 4 is 48.1 Å². The highest BCUT2D eigenvalue weighted by molar-refractivity contribution is 9.10. The number of sulfone groups is 1. The highest BCUT2D eigenvalue weighted by Crippen LogP contribution is 2.37. The van der Waals surface area contributed by atoms with Crippen molar-refractivity contribution in [1.82, 2.24) is 4.98 Å². The Hall–Kier alpha value is -1.85. The highest BCUT2D eigenvalue weighted by atomic mass is 79.9. The molecular weight excluding hydrogens is 400 g/mol. The van der Waals surface area contributed by atoms with E-state index in [0.29, 0.717) is 15.8 Å². The molecule has 0 aliphatic heterocycles. The van der Waals surface area contributed by atoms with Gasteiger partial charge in [-0.25, -0.2) is 13.2 Å². The SMILES string of the molecule is COC(=O)c1cc(S(=O)(=O)c2cncc(Br)c2)c([N+](=O)[O-])s1. The Morgan fingerprint density at radius 1 is 1.41 bits per heavy atom. The molecule has 0 radical (unpaired) electrons. The van der Waals surface area contributed by atoms with E-state index >= 15 is 0 Å². The van der Waals surface area contributed by atoms with Gasteiger partial charge in [-0.05, 0) is 28.1 Å². The minimum Gasteiger partial charge on any atom is -0.465 e. The van der Waals surface area contributed by atoms with Crippen LogP contribution >= 0.6 is 27.3 Å². The first kappa shape index (κ1) is 16.5. The molecule has 0 aliphatic carbocycles. The predicted molar refractivity (Wildman–Crippen MR) is 79.7 cm³/mol. The second kappa shape index (κ2) is 6.10. The van der Waals surface area contributed by atoms with Gasteiger partial charge in [0.05, 0.1) is 16.9 Å². The molecule has 11 heteroatoms. The molecule has 2 heterocycles. The molecule has 0 atom stereocenters. The lowest BCUT2D eigenvalue weighted by atomic mass is 10.5. The van der Waals surface area contributed by atoms with Crippen LogP contribution in [-0.4, -0.2) is 31.4 Å². The standard InChI is InChI=1S/C11H7BrN2O6S2/c1-20-11(15)8-3-9(10(21-8)14(16)17)22(18,19)7-2-6(12)4-13-5-7/h2-5H,1H3. The molecular formula is C11H7BrN2O6S2. The van der Waals surface area contributed by atoms with Crippen LogP contribution in [0.1, 0.15) is 9.67 Å². The zero-order valence-corrected chi connectivity index (χ0v) is 14.1. The summed E-state index contributed by atoms with van der Waals surface area (Å²) in [4.78, 5) is 24.4. The maximum atomic E-state index is 12.5. The number of carbonyl (C=O) groups is 1. The normalized spacial score (nSPS) is 11.2. The largest absolute Gasteiger partial charge is 0.465 e. The number of nitrogens with zero attached hydrogens (tertiary/aromatic N) is 2. The topological polar surface area (TPSA) is 116 Å². The quantitative estimate of drug-likeness (QED) is 0.434. The second-order valence-electron chi connectivity index (χ2n) is 3.87. The Balaban J connectivity index is 2.67. The maximum Gasteiger partial charge on any atom is 0.348 e. The number of hydrogen-bond acceptors (Lipinski definition) is 8. The van der Waals surface area contributed by atoms with Gasteiger partial charge < -0.3 is 4.74 Å². The molecule has 0 saturated heterocycles. The molecule has 0 aliphatic rings. The van der Waals surface area contributed by atoms with Crippen LogP contribution in [-0.2, 0) is 14.6 Å². The van der Waals surface area contributed by atoms with Gasteiger partial charge in [-0.2, -0.15) is 0 Å². The van der Waals surface area contributed by atoms with Crippen LogP contribution in [0.2, 0.25) is 0 Å². The summed E-state index contributed by atoms with van der Waals surface area (Å²) in [5.41, 5.74) is 0. The average Bonchev–Trinajstić information content (AvgIpc) is 2.92. The molecule has 116 valence electrons. The van der Waals surface area contributed by atoms with Crippen LogP contribution in [0.5, 0.6) is 0 Å². The molecule has 0 amide bonds. The molecule has 0 aromatic carbocycles. The number of carbonyl (C=O) groups excluding carboxylic acids is 1. The lowest BCUT2D eigenvalue weighted by Gasteiger charge is -2.01. The van der Waals surface area contributed by atoms with Gasteiger partial charge in [0, 0.05) is 16.9 Å². The fourth-order valence-electron chi connectivity index (χ4n) is 1.55. The smallest absolute Gasteiger partial charge is 0.348 e. The van der Waals surface area contributed by atoms with Crippen LogP contribution in [0.4, 0.5) is 5.00 Å². The van der Waals surface area contributed by atoms with Crippen molar-refractivity contribution in [3.63, 3.8) is 0 Å². The third-order valence-electron chi connectivity index (χ3n) is 2.51. The molecule has 2 aromatic heterocycles. The Bertz CT molecular complexity index is 861. The monoisotopic (exact) mass is 406 g/mol. The van der Waals surface area contributed by atoms with Crippen LogP contribution in [0.15, 0.2) is 38.8 Å². The Morgan fingerprint density at radius 3 is 2.64 bits per heavy atom. The number of ether oxygens (including phenoxy) is 1. The summed E-state index contributed by atoms with van der Waals surface area (Å²) in [6.45, 7) is 0. The summed E-state index contributed by atoms with van der Waals surface area (Å²) < 4.78 is 29.9. The minimum atomic E-state index is -4.19. The molecule has 0 bridgehead atoms. The molecule has 2 rings (SSSR count). The van der Waals surface area contributed by atoms with Gasteiger partial charge in [-0.15, -0.1) is 0 Å². The Kier molecular flexibility index (Phi) is 4.58. The average molecular weight is 407 g/mol. The van der Waals surface area contributed by atoms with Crippen LogP contribution < -0.4 is 0 Å². The van der Waals surface area contributed by atoms with Gasteiger partial charge in [-0.3, -0.25) is 15.1 Å². The molecule has 0 unspecified atom stereocenters. The van der Waals surface area contributed by atoms with E-state index in [1.54, 1.807) is 0 Å². The maximum absolute atomic E-state index is 12.5. The fourth-order valence-corrected chi connectivity index (χ4v) is 4.70. The van der Waals surface area contributed by atoms with Crippen molar-refractivity contribution < 1.29 is 22.9 Å². The number of methoxy groups -OCH3 is 1. The van der Waals surface area contributed by atoms with Gasteiger partial charge >= 0.3 is 11.0 Å². The lowest BCUT2D eigenvalue weighted by Crippen LogP contribution is -2.04. The summed E-state index contributed by atoms with van der Waals surface area (Å²) >= 11 is 3.52. The summed E-state index contributed by atoms with van der Waals surface area (Å²) in [5.74, 6) is -0.845. The number of esters is 1. The van der Waals surface area contributed by atoms with E-state index in [2.05, 4.69) is 25.7 Å². The number of thiophene rings is 1. The molecule has 22 heavy (non-hydrogen) atoms. The first-order valence-corrected chi connectivity index (χ1v) is 8.59. The van der Waals surface area contributed by atoms with Crippen molar-refractivity contribution in [2.75, 3.05) is 7.11 Å². The van der Waals surface area contributed by atoms with E-state index in [1.807, 2.05) is 0 Å². The van der Waals surface area contributed by atoms with E-state index < -0.39 is 30.6 Å². The number of rotatable bonds is 4. The summed E-state index contributed by atoms with van der Waals surface area (Å²) in [5, 5.41) is 10.4. The van der Waals surface area contributed by atoms with Crippen LogP contribution in [0.3, 0.4) is 0 Å². The molecule has 8 nitrogen and oxygen atoms in total. The van der Waals surface area contributed by atoms with Gasteiger partial charge in [0.2, 0.25) is 9.84 Å². The van der Waals surface area contributed by atoms with E-state index in [0.717, 1.165) is 19.4 Å². The third-order valence-corrected chi connectivity index (χ3v) is 5.88. The molecule has 0 fully saturated rings. The van der Waals surface area contributed by atoms with Gasteiger partial charge in [-0.1, -0.05) is 11.3 Å². The van der Waals surface area contributed by atoms with E-state index in [1.165, 1.54) is 12.3 Å². The molecule has 0 saturated carbocycles. The summed E-state index contributed by atoms with van der Waals surface area (Å²) in [6.07, 6.45) is 2.44. The first-order valence-electron chi connectivity index (χ1n) is 5.49. The van der Waals surface area contributed by atoms with Crippen molar-refractivity contribution in [2.24, 2.45) is 0 Å². The van der Waals surface area contributed by atoms with Gasteiger partial charge in [0.1, 0.15) is 4.88 Å². The lowest BCUT2D eigenvalue weighted by molar-refractivity contribution is -0.383.